The van der Waals surface area contributed by atoms with E-state index in [0.29, 0.717) is 18.4 Å². The van der Waals surface area contributed by atoms with Gasteiger partial charge in [0.2, 0.25) is 0 Å². The molecule has 0 aliphatic carbocycles. The molecule has 124 valence electrons. The molecule has 0 spiro atoms. The quantitative estimate of drug-likeness (QED) is 0.452. The lowest BCUT2D eigenvalue weighted by Crippen LogP contribution is -2.40. The molecule has 1 saturated heterocycles. The first-order chi connectivity index (χ1) is 10.1. The van der Waals surface area contributed by atoms with Crippen molar-refractivity contribution in [3.05, 3.63) is 29.8 Å². The van der Waals surface area contributed by atoms with Gasteiger partial charge in [0.15, 0.2) is 5.96 Å². The summed E-state index contributed by atoms with van der Waals surface area (Å²) in [5.41, 5.74) is 7.21. The summed E-state index contributed by atoms with van der Waals surface area (Å²) in [7, 11) is 0. The first-order valence-electron chi connectivity index (χ1n) is 7.92. The Bertz CT molecular complexity index is 471. The van der Waals surface area contributed by atoms with Crippen LogP contribution in [0.4, 0.5) is 0 Å². The second-order valence-electron chi connectivity index (χ2n) is 6.07. The monoisotopic (exact) mass is 417 g/mol. The minimum absolute atomic E-state index is 0. The van der Waals surface area contributed by atoms with Crippen LogP contribution in [0.2, 0.25) is 0 Å². The molecule has 0 saturated carbocycles. The molecule has 5 heteroatoms. The summed E-state index contributed by atoms with van der Waals surface area (Å²) in [5.74, 6) is 2.11. The van der Waals surface area contributed by atoms with E-state index < -0.39 is 0 Å². The first-order valence-corrected chi connectivity index (χ1v) is 7.92. The van der Waals surface area contributed by atoms with Crippen LogP contribution < -0.4 is 10.5 Å². The summed E-state index contributed by atoms with van der Waals surface area (Å²) in [6.45, 7) is 7.71. The predicted molar refractivity (Wildman–Crippen MR) is 103 cm³/mol. The summed E-state index contributed by atoms with van der Waals surface area (Å²) in [4.78, 5) is 6.70. The molecule has 22 heavy (non-hydrogen) atoms. The van der Waals surface area contributed by atoms with Crippen LogP contribution in [-0.2, 0) is 6.54 Å². The van der Waals surface area contributed by atoms with Crippen molar-refractivity contribution in [2.45, 2.75) is 39.7 Å². The fourth-order valence-corrected chi connectivity index (χ4v) is 2.39. The van der Waals surface area contributed by atoms with Crippen LogP contribution in [-0.4, -0.2) is 30.6 Å². The van der Waals surface area contributed by atoms with E-state index in [1.54, 1.807) is 0 Å². The largest absolute Gasteiger partial charge is 0.493 e. The van der Waals surface area contributed by atoms with Gasteiger partial charge in [-0.2, -0.15) is 0 Å². The van der Waals surface area contributed by atoms with E-state index in [1.807, 2.05) is 12.1 Å². The molecule has 1 aromatic carbocycles. The van der Waals surface area contributed by atoms with Crippen molar-refractivity contribution in [3.63, 3.8) is 0 Å². The highest BCUT2D eigenvalue weighted by molar-refractivity contribution is 14.0. The van der Waals surface area contributed by atoms with Crippen LogP contribution in [0.25, 0.3) is 0 Å². The third-order valence-electron chi connectivity index (χ3n) is 3.59. The lowest BCUT2D eigenvalue weighted by atomic mass is 10.1. The van der Waals surface area contributed by atoms with E-state index in [4.69, 9.17) is 10.5 Å². The molecule has 2 rings (SSSR count). The van der Waals surface area contributed by atoms with Crippen molar-refractivity contribution in [1.82, 2.24) is 4.90 Å². The number of guanidine groups is 1. The maximum Gasteiger partial charge on any atom is 0.191 e. The number of rotatable bonds is 5. The van der Waals surface area contributed by atoms with Crippen LogP contribution in [0.5, 0.6) is 5.75 Å². The van der Waals surface area contributed by atoms with Crippen molar-refractivity contribution in [3.8, 4) is 5.75 Å². The number of ether oxygens (including phenoxy) is 1. The zero-order valence-electron chi connectivity index (χ0n) is 13.6. The number of likely N-dealkylation sites (tertiary alicyclic amines) is 1. The average Bonchev–Trinajstić information content (AvgIpc) is 2.52. The van der Waals surface area contributed by atoms with Gasteiger partial charge in [-0.1, -0.05) is 26.0 Å². The molecule has 1 aromatic rings. The number of hydrogen-bond donors (Lipinski definition) is 1. The molecule has 0 atom stereocenters. The minimum atomic E-state index is 0. The normalized spacial score (nSPS) is 15.6. The van der Waals surface area contributed by atoms with E-state index in [-0.39, 0.29) is 24.0 Å². The van der Waals surface area contributed by atoms with Crippen LogP contribution in [0.15, 0.2) is 29.3 Å². The van der Waals surface area contributed by atoms with Crippen LogP contribution >= 0.6 is 24.0 Å². The highest BCUT2D eigenvalue weighted by atomic mass is 127. The first kappa shape index (κ1) is 19.1. The van der Waals surface area contributed by atoms with Gasteiger partial charge < -0.3 is 15.4 Å². The van der Waals surface area contributed by atoms with E-state index in [9.17, 15) is 0 Å². The Morgan fingerprint density at radius 2 is 2.00 bits per heavy atom. The molecule has 0 bridgehead atoms. The van der Waals surface area contributed by atoms with Crippen molar-refractivity contribution in [2.24, 2.45) is 16.6 Å². The maximum absolute atomic E-state index is 6.08. The second kappa shape index (κ2) is 9.92. The van der Waals surface area contributed by atoms with Gasteiger partial charge in [0.05, 0.1) is 13.2 Å². The Morgan fingerprint density at radius 3 is 2.68 bits per heavy atom. The molecule has 0 unspecified atom stereocenters. The second-order valence-corrected chi connectivity index (χ2v) is 6.07. The maximum atomic E-state index is 6.08. The lowest BCUT2D eigenvalue weighted by Gasteiger charge is -2.27. The molecule has 1 heterocycles. The molecule has 0 radical (unpaired) electrons. The topological polar surface area (TPSA) is 50.9 Å². The van der Waals surface area contributed by atoms with Crippen LogP contribution in [0.1, 0.15) is 38.7 Å². The van der Waals surface area contributed by atoms with Crippen molar-refractivity contribution in [2.75, 3.05) is 19.7 Å². The van der Waals surface area contributed by atoms with Gasteiger partial charge >= 0.3 is 0 Å². The van der Waals surface area contributed by atoms with Gasteiger partial charge in [0.1, 0.15) is 5.75 Å². The summed E-state index contributed by atoms with van der Waals surface area (Å²) in [6.07, 6.45) is 3.74. The smallest absolute Gasteiger partial charge is 0.191 e. The molecular weight excluding hydrogens is 389 g/mol. The van der Waals surface area contributed by atoms with Crippen molar-refractivity contribution < 1.29 is 4.74 Å². The van der Waals surface area contributed by atoms with Crippen LogP contribution in [0.3, 0.4) is 0 Å². The van der Waals surface area contributed by atoms with E-state index in [0.717, 1.165) is 31.0 Å². The number of benzene rings is 1. The fourth-order valence-electron chi connectivity index (χ4n) is 2.39. The molecule has 4 nitrogen and oxygen atoms in total. The lowest BCUT2D eigenvalue weighted by molar-refractivity contribution is 0.271. The molecule has 1 aliphatic rings. The van der Waals surface area contributed by atoms with Crippen molar-refractivity contribution >= 4 is 29.9 Å². The summed E-state index contributed by atoms with van der Waals surface area (Å²) >= 11 is 0. The number of nitrogens with zero attached hydrogens (tertiary/aromatic N) is 2. The summed E-state index contributed by atoms with van der Waals surface area (Å²) < 4.78 is 5.74. The fraction of sp³-hybridized carbons (Fsp3) is 0.588. The Labute approximate surface area is 151 Å². The molecular formula is C17H28IN3O. The highest BCUT2D eigenvalue weighted by Gasteiger charge is 2.11. The highest BCUT2D eigenvalue weighted by Crippen LogP contribution is 2.15. The number of piperidine rings is 1. The zero-order valence-corrected chi connectivity index (χ0v) is 16.0. The summed E-state index contributed by atoms with van der Waals surface area (Å²) in [5, 5.41) is 0. The van der Waals surface area contributed by atoms with E-state index in [1.165, 1.54) is 19.3 Å². The number of aliphatic imine (C=N–C) groups is 1. The van der Waals surface area contributed by atoms with Gasteiger partial charge in [0, 0.05) is 13.1 Å². The van der Waals surface area contributed by atoms with Crippen molar-refractivity contribution in [1.29, 1.82) is 0 Å². The molecule has 0 aromatic heterocycles. The molecule has 0 amide bonds. The molecule has 2 N–H and O–H groups in total. The Hall–Kier alpha value is -0.980. The average molecular weight is 417 g/mol. The molecule has 1 aliphatic heterocycles. The SMILES string of the molecule is CC(C)COc1cccc(CN=C(N)N2CCCCC2)c1.I. The minimum Gasteiger partial charge on any atom is -0.493 e. The van der Waals surface area contributed by atoms with E-state index in [2.05, 4.69) is 35.9 Å². The van der Waals surface area contributed by atoms with Gasteiger partial charge in [-0.15, -0.1) is 24.0 Å². The zero-order chi connectivity index (χ0) is 15.1. The number of hydrogen-bond acceptors (Lipinski definition) is 2. The van der Waals surface area contributed by atoms with Gasteiger partial charge in [-0.25, -0.2) is 4.99 Å². The standard InChI is InChI=1S/C17H27N3O.HI/c1-14(2)13-21-16-8-6-7-15(11-16)12-19-17(18)20-9-4-3-5-10-20;/h6-8,11,14H,3-5,9-10,12-13H2,1-2H3,(H2,18,19);1H. The van der Waals surface area contributed by atoms with E-state index >= 15 is 0 Å². The third kappa shape index (κ3) is 6.42. The third-order valence-corrected chi connectivity index (χ3v) is 3.59. The number of halogens is 1. The predicted octanol–water partition coefficient (Wildman–Crippen LogP) is 3.64. The Kier molecular flexibility index (Phi) is 8.60. The Balaban J connectivity index is 0.00000242. The van der Waals surface area contributed by atoms with Crippen LogP contribution in [0, 0.1) is 5.92 Å². The van der Waals surface area contributed by atoms with Gasteiger partial charge in [-0.05, 0) is 42.9 Å². The Morgan fingerprint density at radius 1 is 1.27 bits per heavy atom. The molecule has 1 fully saturated rings. The van der Waals surface area contributed by atoms with Gasteiger partial charge in [-0.3, -0.25) is 0 Å². The summed E-state index contributed by atoms with van der Waals surface area (Å²) in [6, 6.07) is 8.12. The van der Waals surface area contributed by atoms with Gasteiger partial charge in [0.25, 0.3) is 0 Å². The number of nitrogens with two attached hydrogens (primary N) is 1.